The van der Waals surface area contributed by atoms with E-state index in [1.165, 1.54) is 12.1 Å². The quantitative estimate of drug-likeness (QED) is 0.790. The van der Waals surface area contributed by atoms with Crippen LogP contribution < -0.4 is 10.7 Å². The van der Waals surface area contributed by atoms with E-state index in [0.717, 1.165) is 0 Å². The van der Waals surface area contributed by atoms with E-state index in [2.05, 4.69) is 17.1 Å². The van der Waals surface area contributed by atoms with Crippen molar-refractivity contribution >= 4 is 5.84 Å². The molecule has 0 unspecified atom stereocenters. The lowest BCUT2D eigenvalue weighted by atomic mass is 9.80. The van der Waals surface area contributed by atoms with Crippen LogP contribution in [0.5, 0.6) is 0 Å². The highest BCUT2D eigenvalue weighted by molar-refractivity contribution is 5.97. The first kappa shape index (κ1) is 16.0. The summed E-state index contributed by atoms with van der Waals surface area (Å²) in [6.45, 7) is 4.01. The number of nitriles is 2. The Labute approximate surface area is 144 Å². The van der Waals surface area contributed by atoms with Crippen LogP contribution in [0.25, 0.3) is 0 Å². The third-order valence-electron chi connectivity index (χ3n) is 6.07. The van der Waals surface area contributed by atoms with E-state index in [1.54, 1.807) is 12.1 Å². The van der Waals surface area contributed by atoms with Crippen LogP contribution in [0.15, 0.2) is 24.3 Å². The largest absolute Gasteiger partial charge is 0.344 e. The first-order valence-electron chi connectivity index (χ1n) is 8.23. The predicted octanol–water partition coefficient (Wildman–Crippen LogP) is 0.0476. The van der Waals surface area contributed by atoms with E-state index in [4.69, 9.17) is 15.2 Å². The summed E-state index contributed by atoms with van der Waals surface area (Å²) in [7, 11) is 0. The number of nitrogens with two attached hydrogens (primary N) is 1. The van der Waals surface area contributed by atoms with Crippen LogP contribution in [0, 0.1) is 39.3 Å². The molecule has 1 aromatic rings. The molecule has 0 bridgehead atoms. The van der Waals surface area contributed by atoms with Crippen molar-refractivity contribution in [3.63, 3.8) is 0 Å². The van der Waals surface area contributed by atoms with Gasteiger partial charge >= 0.3 is 5.91 Å². The molecule has 1 saturated carbocycles. The standard InChI is InChI=1S/C18H17FN4O2/c1-3-15(12-4-6-13(19)7-5-12)16(9-20)14(22)23-18(17(15,16)10-21)24-8-11(2)25-18/h4-7,11H,3,8H2,1-2H3,(H2,22,23)/p+1/t11-,15+,16-,17+,18+/m0/s1. The zero-order valence-corrected chi connectivity index (χ0v) is 14.0. The van der Waals surface area contributed by atoms with Crippen molar-refractivity contribution in [1.29, 1.82) is 10.5 Å². The lowest BCUT2D eigenvalue weighted by Crippen LogP contribution is -2.90. The lowest BCUT2D eigenvalue weighted by Gasteiger charge is -2.29. The van der Waals surface area contributed by atoms with Crippen LogP contribution in [0.3, 0.4) is 0 Å². The van der Waals surface area contributed by atoms with Crippen LogP contribution >= 0.6 is 0 Å². The number of hydrogen-bond donors (Lipinski definition) is 2. The first-order chi connectivity index (χ1) is 11.9. The van der Waals surface area contributed by atoms with Crippen molar-refractivity contribution in [1.82, 2.24) is 0 Å². The van der Waals surface area contributed by atoms with Gasteiger partial charge in [-0.1, -0.05) is 19.1 Å². The second-order valence-corrected chi connectivity index (χ2v) is 6.88. The fourth-order valence-corrected chi connectivity index (χ4v) is 5.19. The van der Waals surface area contributed by atoms with Crippen molar-refractivity contribution in [2.24, 2.45) is 16.6 Å². The third kappa shape index (κ3) is 1.33. The molecule has 25 heavy (non-hydrogen) atoms. The minimum atomic E-state index is -1.48. The molecule has 5 atom stereocenters. The Morgan fingerprint density at radius 2 is 2.00 bits per heavy atom. The van der Waals surface area contributed by atoms with Crippen molar-refractivity contribution in [2.75, 3.05) is 6.61 Å². The lowest BCUT2D eigenvalue weighted by molar-refractivity contribution is -0.679. The summed E-state index contributed by atoms with van der Waals surface area (Å²) in [5, 5.41) is 20.3. The number of ether oxygens (including phenoxy) is 2. The number of nitrogens with one attached hydrogen (secondary N) is 1. The van der Waals surface area contributed by atoms with Gasteiger partial charge in [0.2, 0.25) is 0 Å². The molecular weight excluding hydrogens is 323 g/mol. The highest BCUT2D eigenvalue weighted by Crippen LogP contribution is 2.84. The summed E-state index contributed by atoms with van der Waals surface area (Å²) < 4.78 is 25.3. The topological polar surface area (TPSA) is 106 Å². The summed E-state index contributed by atoms with van der Waals surface area (Å²) in [6, 6.07) is 10.5. The molecule has 2 fully saturated rings. The van der Waals surface area contributed by atoms with Crippen molar-refractivity contribution in [2.45, 2.75) is 37.7 Å². The molecule has 2 aliphatic heterocycles. The number of nitrogens with zero attached hydrogens (tertiary/aromatic N) is 2. The van der Waals surface area contributed by atoms with E-state index in [-0.39, 0.29) is 24.4 Å². The fraction of sp³-hybridized carbons (Fsp3) is 0.500. The number of halogens is 1. The average molecular weight is 341 g/mol. The zero-order chi connectivity index (χ0) is 18.1. The Hall–Kier alpha value is -2.48. The molecule has 0 amide bonds. The van der Waals surface area contributed by atoms with Crippen LogP contribution in [0.2, 0.25) is 0 Å². The summed E-state index contributed by atoms with van der Waals surface area (Å²) in [5.41, 5.74) is 3.30. The molecule has 0 aromatic heterocycles. The average Bonchev–Trinajstić information content (AvgIpc) is 2.86. The Kier molecular flexibility index (Phi) is 2.93. The van der Waals surface area contributed by atoms with Gasteiger partial charge in [0.1, 0.15) is 5.82 Å². The van der Waals surface area contributed by atoms with Crippen LogP contribution in [0.4, 0.5) is 4.39 Å². The predicted molar refractivity (Wildman–Crippen MR) is 83.8 cm³/mol. The molecule has 7 heteroatoms. The maximum absolute atomic E-state index is 13.4. The Bertz CT molecular complexity index is 873. The van der Waals surface area contributed by atoms with Gasteiger partial charge in [0.15, 0.2) is 10.8 Å². The Morgan fingerprint density at radius 3 is 2.48 bits per heavy atom. The van der Waals surface area contributed by atoms with E-state index in [0.29, 0.717) is 12.0 Å². The van der Waals surface area contributed by atoms with Gasteiger partial charge in [-0.05, 0) is 31.0 Å². The SMILES string of the molecule is CC[C@@]1(c2ccc(F)cc2)[C@]2(C#N)C(N)=[NH+][C@@]3(OC[C@H](C)O3)[C@@]21C#N. The molecular formula is C18H18FN4O2+. The Morgan fingerprint density at radius 1 is 1.32 bits per heavy atom. The van der Waals surface area contributed by atoms with Gasteiger partial charge in [-0.25, -0.2) is 9.38 Å². The highest BCUT2D eigenvalue weighted by atomic mass is 19.1. The second-order valence-electron chi connectivity index (χ2n) is 6.88. The molecule has 1 aliphatic carbocycles. The van der Waals surface area contributed by atoms with Crippen molar-refractivity contribution < 1.29 is 18.9 Å². The van der Waals surface area contributed by atoms with Crippen LogP contribution in [-0.2, 0) is 14.9 Å². The molecule has 1 spiro atoms. The zero-order valence-electron chi connectivity index (χ0n) is 14.0. The number of rotatable bonds is 2. The smallest absolute Gasteiger partial charge is 0.311 e. The second kappa shape index (κ2) is 4.57. The van der Waals surface area contributed by atoms with Crippen LogP contribution in [0.1, 0.15) is 25.8 Å². The molecule has 4 rings (SSSR count). The van der Waals surface area contributed by atoms with Crippen LogP contribution in [-0.4, -0.2) is 24.5 Å². The van der Waals surface area contributed by atoms with E-state index < -0.39 is 22.2 Å². The molecule has 1 aromatic carbocycles. The van der Waals surface area contributed by atoms with Gasteiger partial charge in [-0.15, -0.1) is 0 Å². The number of benzene rings is 1. The van der Waals surface area contributed by atoms with Gasteiger partial charge in [0, 0.05) is 0 Å². The summed E-state index contributed by atoms with van der Waals surface area (Å²) in [4.78, 5) is 2.94. The van der Waals surface area contributed by atoms with E-state index in [9.17, 15) is 14.9 Å². The summed E-state index contributed by atoms with van der Waals surface area (Å²) in [6.07, 6.45) is 0.203. The van der Waals surface area contributed by atoms with Crippen molar-refractivity contribution in [3.05, 3.63) is 35.6 Å². The Balaban J connectivity index is 2.02. The molecule has 128 valence electrons. The number of fused-ring (bicyclic) bond motifs is 2. The monoisotopic (exact) mass is 341 g/mol. The molecule has 2 heterocycles. The van der Waals surface area contributed by atoms with E-state index >= 15 is 0 Å². The normalized spacial score (nSPS) is 44.0. The minimum Gasteiger partial charge on any atom is -0.311 e. The van der Waals surface area contributed by atoms with Gasteiger partial charge in [-0.2, -0.15) is 10.5 Å². The maximum atomic E-state index is 13.4. The van der Waals surface area contributed by atoms with E-state index in [1.807, 2.05) is 13.8 Å². The van der Waals surface area contributed by atoms with Gasteiger partial charge in [-0.3, -0.25) is 5.73 Å². The number of hydrogen-bond acceptors (Lipinski definition) is 5. The molecule has 0 radical (unpaired) electrons. The maximum Gasteiger partial charge on any atom is 0.344 e. The fourth-order valence-electron chi connectivity index (χ4n) is 5.19. The third-order valence-corrected chi connectivity index (χ3v) is 6.07. The molecule has 1 saturated heterocycles. The first-order valence-corrected chi connectivity index (χ1v) is 8.23. The van der Waals surface area contributed by atoms with Gasteiger partial charge < -0.3 is 9.47 Å². The molecule has 3 N–H and O–H groups in total. The molecule has 6 nitrogen and oxygen atoms in total. The number of amidine groups is 1. The minimum absolute atomic E-state index is 0.164. The summed E-state index contributed by atoms with van der Waals surface area (Å²) >= 11 is 0. The summed E-state index contributed by atoms with van der Waals surface area (Å²) in [5.74, 6) is -1.70. The van der Waals surface area contributed by atoms with Crippen molar-refractivity contribution in [3.8, 4) is 12.1 Å². The molecule has 3 aliphatic rings. The van der Waals surface area contributed by atoms with Gasteiger partial charge in [0.05, 0.1) is 30.3 Å². The van der Waals surface area contributed by atoms with Gasteiger partial charge in [0.25, 0.3) is 5.84 Å². The highest BCUT2D eigenvalue weighted by Gasteiger charge is 3.04.